The van der Waals surface area contributed by atoms with Crippen molar-refractivity contribution in [3.8, 4) is 0 Å². The minimum atomic E-state index is -0.852. The summed E-state index contributed by atoms with van der Waals surface area (Å²) in [6, 6.07) is -0.500. The summed E-state index contributed by atoms with van der Waals surface area (Å²) < 4.78 is 0. The normalized spacial score (nSPS) is 25.1. The molecule has 1 aliphatic heterocycles. The Hall–Kier alpha value is -1.96. The molecule has 2 N–H and O–H groups in total. The molecule has 1 aromatic rings. The van der Waals surface area contributed by atoms with Crippen LogP contribution >= 0.6 is 11.3 Å². The zero-order valence-corrected chi connectivity index (χ0v) is 12.6. The van der Waals surface area contributed by atoms with Crippen LogP contribution in [-0.2, 0) is 9.59 Å². The van der Waals surface area contributed by atoms with Crippen molar-refractivity contribution in [1.29, 1.82) is 0 Å². The number of nitrogens with one attached hydrogen (secondary N) is 2. The fourth-order valence-electron chi connectivity index (χ4n) is 2.51. The fourth-order valence-corrected chi connectivity index (χ4v) is 3.19. The average Bonchev–Trinajstić information content (AvgIpc) is 3.16. The van der Waals surface area contributed by atoms with Gasteiger partial charge in [0, 0.05) is 11.1 Å². The number of hydrogen-bond donors (Lipinski definition) is 2. The van der Waals surface area contributed by atoms with Crippen molar-refractivity contribution < 1.29 is 14.4 Å². The molecule has 0 radical (unpaired) electrons. The van der Waals surface area contributed by atoms with Crippen molar-refractivity contribution in [2.75, 3.05) is 11.9 Å². The van der Waals surface area contributed by atoms with E-state index in [2.05, 4.69) is 15.6 Å². The van der Waals surface area contributed by atoms with Crippen LogP contribution in [0.25, 0.3) is 0 Å². The van der Waals surface area contributed by atoms with E-state index < -0.39 is 17.5 Å². The summed E-state index contributed by atoms with van der Waals surface area (Å²) in [5.41, 5.74) is -0.852. The smallest absolute Gasteiger partial charge is 0.323 e. The van der Waals surface area contributed by atoms with Gasteiger partial charge in [0.25, 0.3) is 5.91 Å². The highest BCUT2D eigenvalue weighted by Crippen LogP contribution is 2.42. The molecule has 0 spiro atoms. The summed E-state index contributed by atoms with van der Waals surface area (Å²) in [5.74, 6) is -0.558. The first kappa shape index (κ1) is 14.0. The van der Waals surface area contributed by atoms with E-state index in [9.17, 15) is 14.4 Å². The summed E-state index contributed by atoms with van der Waals surface area (Å²) in [4.78, 5) is 42.2. The standard InChI is InChI=1S/C13H16N4O3S/c1-7-5-14-11(21-7)15-9(18)6-17-10(19)13(2,8-3-4-8)16-12(17)20/h5,8H,3-4,6H2,1-2H3,(H,16,20)(H,14,15,18). The lowest BCUT2D eigenvalue weighted by molar-refractivity contribution is -0.134. The molecule has 0 aromatic carbocycles. The maximum absolute atomic E-state index is 12.4. The minimum Gasteiger partial charge on any atom is -0.323 e. The molecule has 2 heterocycles. The number of anilines is 1. The third-order valence-corrected chi connectivity index (χ3v) is 4.69. The number of aryl methyl sites for hydroxylation is 1. The van der Waals surface area contributed by atoms with Gasteiger partial charge in [0.05, 0.1) is 0 Å². The van der Waals surface area contributed by atoms with Gasteiger partial charge in [0.15, 0.2) is 5.13 Å². The van der Waals surface area contributed by atoms with Crippen molar-refractivity contribution in [3.63, 3.8) is 0 Å². The van der Waals surface area contributed by atoms with Crippen molar-refractivity contribution in [2.24, 2.45) is 5.92 Å². The van der Waals surface area contributed by atoms with Crippen LogP contribution in [0.4, 0.5) is 9.93 Å². The summed E-state index contributed by atoms with van der Waals surface area (Å²) >= 11 is 1.34. The van der Waals surface area contributed by atoms with Crippen molar-refractivity contribution >= 4 is 34.3 Å². The predicted molar refractivity (Wildman–Crippen MR) is 76.9 cm³/mol. The SMILES string of the molecule is Cc1cnc(NC(=O)CN2C(=O)NC(C)(C3CC3)C2=O)s1. The highest BCUT2D eigenvalue weighted by molar-refractivity contribution is 7.15. The molecule has 1 unspecified atom stereocenters. The van der Waals surface area contributed by atoms with Gasteiger partial charge in [0.2, 0.25) is 5.91 Å². The zero-order valence-electron chi connectivity index (χ0n) is 11.8. The second kappa shape index (κ2) is 4.80. The number of carbonyl (C=O) groups is 3. The highest BCUT2D eigenvalue weighted by Gasteiger charge is 2.56. The van der Waals surface area contributed by atoms with Crippen LogP contribution in [-0.4, -0.2) is 39.8 Å². The van der Waals surface area contributed by atoms with E-state index in [1.165, 1.54) is 11.3 Å². The van der Waals surface area contributed by atoms with Gasteiger partial charge in [-0.3, -0.25) is 14.5 Å². The Morgan fingerprint density at radius 2 is 2.29 bits per heavy atom. The molecule has 1 saturated carbocycles. The lowest BCUT2D eigenvalue weighted by Gasteiger charge is -2.20. The largest absolute Gasteiger partial charge is 0.325 e. The van der Waals surface area contributed by atoms with Crippen LogP contribution in [0, 0.1) is 12.8 Å². The molecule has 2 aliphatic rings. The fraction of sp³-hybridized carbons (Fsp3) is 0.538. The van der Waals surface area contributed by atoms with E-state index in [1.54, 1.807) is 13.1 Å². The lowest BCUT2D eigenvalue weighted by Crippen LogP contribution is -2.46. The molecular formula is C13H16N4O3S. The van der Waals surface area contributed by atoms with E-state index in [0.29, 0.717) is 5.13 Å². The van der Waals surface area contributed by atoms with E-state index >= 15 is 0 Å². The molecule has 1 aromatic heterocycles. The Balaban J connectivity index is 1.65. The first-order valence-electron chi connectivity index (χ1n) is 6.76. The average molecular weight is 308 g/mol. The molecule has 3 rings (SSSR count). The van der Waals surface area contributed by atoms with Crippen LogP contribution in [0.1, 0.15) is 24.6 Å². The van der Waals surface area contributed by atoms with Gasteiger partial charge < -0.3 is 10.6 Å². The maximum Gasteiger partial charge on any atom is 0.325 e. The second-order valence-corrected chi connectivity index (χ2v) is 6.86. The Labute approximate surface area is 125 Å². The summed E-state index contributed by atoms with van der Waals surface area (Å²) in [5, 5.41) is 5.77. The van der Waals surface area contributed by atoms with Gasteiger partial charge in [0.1, 0.15) is 12.1 Å². The van der Waals surface area contributed by atoms with Crippen LogP contribution in [0.15, 0.2) is 6.20 Å². The first-order valence-corrected chi connectivity index (χ1v) is 7.58. The van der Waals surface area contributed by atoms with Crippen LogP contribution in [0.2, 0.25) is 0 Å². The maximum atomic E-state index is 12.4. The van der Waals surface area contributed by atoms with Crippen molar-refractivity contribution in [2.45, 2.75) is 32.2 Å². The molecule has 2 fully saturated rings. The third kappa shape index (κ3) is 2.51. The van der Waals surface area contributed by atoms with Gasteiger partial charge in [-0.1, -0.05) is 0 Å². The van der Waals surface area contributed by atoms with Gasteiger partial charge in [-0.15, -0.1) is 11.3 Å². The van der Waals surface area contributed by atoms with Crippen LogP contribution in [0.3, 0.4) is 0 Å². The Kier molecular flexibility index (Phi) is 3.20. The number of urea groups is 1. The third-order valence-electron chi connectivity index (χ3n) is 3.86. The highest BCUT2D eigenvalue weighted by atomic mass is 32.1. The number of carbonyl (C=O) groups excluding carboxylic acids is 3. The molecular weight excluding hydrogens is 292 g/mol. The number of imide groups is 1. The van der Waals surface area contributed by atoms with E-state index in [4.69, 9.17) is 0 Å². The Morgan fingerprint density at radius 3 is 2.86 bits per heavy atom. The zero-order chi connectivity index (χ0) is 15.2. The van der Waals surface area contributed by atoms with Crippen molar-refractivity contribution in [3.05, 3.63) is 11.1 Å². The molecule has 112 valence electrons. The number of aromatic nitrogens is 1. The molecule has 1 aliphatic carbocycles. The molecule has 1 saturated heterocycles. The quantitative estimate of drug-likeness (QED) is 0.815. The lowest BCUT2D eigenvalue weighted by atomic mass is 9.96. The number of nitrogens with zero attached hydrogens (tertiary/aromatic N) is 2. The number of thiazole rings is 1. The van der Waals surface area contributed by atoms with Crippen LogP contribution < -0.4 is 10.6 Å². The van der Waals surface area contributed by atoms with Gasteiger partial charge in [-0.25, -0.2) is 9.78 Å². The second-order valence-electron chi connectivity index (χ2n) is 5.62. The minimum absolute atomic E-state index is 0.184. The number of hydrogen-bond acceptors (Lipinski definition) is 5. The van der Waals surface area contributed by atoms with Crippen molar-refractivity contribution in [1.82, 2.24) is 15.2 Å². The topological polar surface area (TPSA) is 91.4 Å². The van der Waals surface area contributed by atoms with E-state index in [0.717, 1.165) is 22.6 Å². The van der Waals surface area contributed by atoms with Gasteiger partial charge in [-0.2, -0.15) is 0 Å². The summed E-state index contributed by atoms with van der Waals surface area (Å²) in [6.45, 7) is 3.32. The monoisotopic (exact) mass is 308 g/mol. The van der Waals surface area contributed by atoms with E-state index in [1.807, 2.05) is 6.92 Å². The molecule has 0 bridgehead atoms. The molecule has 7 nitrogen and oxygen atoms in total. The van der Waals surface area contributed by atoms with Gasteiger partial charge >= 0.3 is 6.03 Å². The molecule has 4 amide bonds. The number of amides is 4. The van der Waals surface area contributed by atoms with Crippen LogP contribution in [0.5, 0.6) is 0 Å². The Morgan fingerprint density at radius 1 is 1.57 bits per heavy atom. The summed E-state index contributed by atoms with van der Waals surface area (Å²) in [7, 11) is 0. The molecule has 8 heteroatoms. The summed E-state index contributed by atoms with van der Waals surface area (Å²) in [6.07, 6.45) is 3.51. The van der Waals surface area contributed by atoms with E-state index in [-0.39, 0.29) is 18.4 Å². The first-order chi connectivity index (χ1) is 9.90. The molecule has 1 atom stereocenters. The predicted octanol–water partition coefficient (Wildman–Crippen LogP) is 1.11. The Bertz CT molecular complexity index is 625. The van der Waals surface area contributed by atoms with Gasteiger partial charge in [-0.05, 0) is 32.6 Å². The number of rotatable bonds is 4. The molecule has 21 heavy (non-hydrogen) atoms.